The average molecular weight is 424 g/mol. The Balaban J connectivity index is 2.22. The topological polar surface area (TPSA) is 80.0 Å². The maximum atomic E-state index is 12.8. The van der Waals surface area contributed by atoms with Gasteiger partial charge in [-0.1, -0.05) is 36.5 Å². The van der Waals surface area contributed by atoms with Gasteiger partial charge in [-0.2, -0.15) is 0 Å². The van der Waals surface area contributed by atoms with Gasteiger partial charge in [0.15, 0.2) is 0 Å². The minimum Gasteiger partial charge on any atom is -0.507 e. The zero-order valence-electron chi connectivity index (χ0n) is 15.4. The third kappa shape index (κ3) is 3.50. The fourth-order valence-electron chi connectivity index (χ4n) is 3.27. The first kappa shape index (κ1) is 20.3. The summed E-state index contributed by atoms with van der Waals surface area (Å²) in [6.07, 6.45) is 2.99. The molecular formula is C20H19Cl2NO5. The summed E-state index contributed by atoms with van der Waals surface area (Å²) in [5, 5.41) is 11.4. The number of hydrogen-bond donors (Lipinski definition) is 1. The molecule has 148 valence electrons. The number of hydrogen-bond acceptors (Lipinski definition) is 5. The maximum absolute atomic E-state index is 12.8. The van der Waals surface area contributed by atoms with Crippen LogP contribution in [-0.4, -0.2) is 35.4 Å². The zero-order valence-corrected chi connectivity index (χ0v) is 16.9. The number of Topliss-reactive ketones (excluding diaryl/α,β-unsaturated/α-hetero) is 1. The number of ketones is 1. The fourth-order valence-corrected chi connectivity index (χ4v) is 3.84. The van der Waals surface area contributed by atoms with E-state index in [1.54, 1.807) is 12.1 Å². The van der Waals surface area contributed by atoms with Crippen molar-refractivity contribution >= 4 is 40.7 Å². The molecule has 0 radical (unpaired) electrons. The molecule has 1 unspecified atom stereocenters. The number of amides is 1. The number of aliphatic hydroxyl groups is 1. The maximum Gasteiger partial charge on any atom is 0.295 e. The van der Waals surface area contributed by atoms with E-state index in [9.17, 15) is 14.7 Å². The van der Waals surface area contributed by atoms with Gasteiger partial charge < -0.3 is 19.2 Å². The number of rotatable bonds is 6. The lowest BCUT2D eigenvalue weighted by molar-refractivity contribution is -0.140. The molecule has 1 aliphatic heterocycles. The first-order valence-corrected chi connectivity index (χ1v) is 9.51. The second-order valence-electron chi connectivity index (χ2n) is 6.33. The van der Waals surface area contributed by atoms with E-state index in [0.29, 0.717) is 18.7 Å². The smallest absolute Gasteiger partial charge is 0.295 e. The number of aliphatic hydroxyl groups excluding tert-OH is 1. The molecule has 1 amide bonds. The Morgan fingerprint density at radius 2 is 2.07 bits per heavy atom. The van der Waals surface area contributed by atoms with Crippen LogP contribution in [0.3, 0.4) is 0 Å². The second-order valence-corrected chi connectivity index (χ2v) is 7.17. The van der Waals surface area contributed by atoms with Crippen molar-refractivity contribution in [1.29, 1.82) is 0 Å². The van der Waals surface area contributed by atoms with Crippen LogP contribution in [0.2, 0.25) is 10.0 Å². The summed E-state index contributed by atoms with van der Waals surface area (Å²) < 4.78 is 10.7. The minimum atomic E-state index is -0.844. The Hall–Kier alpha value is -2.44. The first-order chi connectivity index (χ1) is 13.4. The zero-order chi connectivity index (χ0) is 20.4. The molecule has 8 heteroatoms. The molecule has 0 bridgehead atoms. The number of carbonyl (C=O) groups is 2. The summed E-state index contributed by atoms with van der Waals surface area (Å²) in [5.41, 5.74) is 0.0396. The van der Waals surface area contributed by atoms with Crippen LogP contribution < -0.4 is 4.74 Å². The largest absolute Gasteiger partial charge is 0.507 e. The molecule has 28 heavy (non-hydrogen) atoms. The lowest BCUT2D eigenvalue weighted by atomic mass is 9.98. The quantitative estimate of drug-likeness (QED) is 0.409. The number of likely N-dealkylation sites (tertiary alicyclic amines) is 1. The number of unbranched alkanes of at least 4 members (excludes halogenated alkanes) is 1. The van der Waals surface area contributed by atoms with Crippen molar-refractivity contribution in [3.8, 4) is 5.75 Å². The molecule has 1 aliphatic rings. The number of carbonyl (C=O) groups excluding carboxylic acids is 2. The predicted octanol–water partition coefficient (Wildman–Crippen LogP) is 4.82. The molecule has 1 aromatic heterocycles. The van der Waals surface area contributed by atoms with E-state index in [1.165, 1.54) is 30.4 Å². The van der Waals surface area contributed by atoms with Crippen molar-refractivity contribution in [1.82, 2.24) is 4.90 Å². The summed E-state index contributed by atoms with van der Waals surface area (Å²) in [7, 11) is 1.38. The lowest BCUT2D eigenvalue weighted by Gasteiger charge is -2.23. The molecule has 6 nitrogen and oxygen atoms in total. The van der Waals surface area contributed by atoms with E-state index in [1.807, 2.05) is 6.92 Å². The molecule has 3 rings (SSSR count). The molecular weight excluding hydrogens is 405 g/mol. The Morgan fingerprint density at radius 1 is 1.32 bits per heavy atom. The van der Waals surface area contributed by atoms with Gasteiger partial charge in [0.2, 0.25) is 0 Å². The molecule has 1 fully saturated rings. The highest BCUT2D eigenvalue weighted by Gasteiger charge is 2.47. The van der Waals surface area contributed by atoms with E-state index < -0.39 is 23.5 Å². The monoisotopic (exact) mass is 423 g/mol. The molecule has 0 saturated carbocycles. The third-order valence-corrected chi connectivity index (χ3v) is 5.07. The summed E-state index contributed by atoms with van der Waals surface area (Å²) in [6, 6.07) is 5.36. The predicted molar refractivity (Wildman–Crippen MR) is 106 cm³/mol. The van der Waals surface area contributed by atoms with Crippen LogP contribution in [0.4, 0.5) is 0 Å². The number of furan rings is 1. The Morgan fingerprint density at radius 3 is 2.68 bits per heavy atom. The van der Waals surface area contributed by atoms with E-state index in [4.69, 9.17) is 32.4 Å². The summed E-state index contributed by atoms with van der Waals surface area (Å²) in [4.78, 5) is 26.9. The highest BCUT2D eigenvalue weighted by atomic mass is 35.5. The van der Waals surface area contributed by atoms with Crippen molar-refractivity contribution in [3.63, 3.8) is 0 Å². The Kier molecular flexibility index (Phi) is 6.01. The van der Waals surface area contributed by atoms with Crippen LogP contribution in [0.1, 0.15) is 37.1 Å². The van der Waals surface area contributed by atoms with E-state index in [0.717, 1.165) is 6.42 Å². The fraction of sp³-hybridized carbons (Fsp3) is 0.300. The van der Waals surface area contributed by atoms with E-state index >= 15 is 0 Å². The Labute approximate surface area is 172 Å². The van der Waals surface area contributed by atoms with Crippen molar-refractivity contribution in [3.05, 3.63) is 57.5 Å². The van der Waals surface area contributed by atoms with E-state index in [2.05, 4.69) is 0 Å². The van der Waals surface area contributed by atoms with E-state index in [-0.39, 0.29) is 26.9 Å². The molecule has 1 saturated heterocycles. The van der Waals surface area contributed by atoms with Gasteiger partial charge in [-0.15, -0.1) is 0 Å². The number of nitrogens with zero attached hydrogens (tertiary/aromatic N) is 1. The van der Waals surface area contributed by atoms with Crippen LogP contribution in [0.15, 0.2) is 40.5 Å². The average Bonchev–Trinajstić information content (AvgIpc) is 3.27. The van der Waals surface area contributed by atoms with Gasteiger partial charge in [-0.05, 0) is 30.7 Å². The first-order valence-electron chi connectivity index (χ1n) is 8.75. The molecule has 0 aliphatic carbocycles. The van der Waals surface area contributed by atoms with Gasteiger partial charge in [0.1, 0.15) is 23.3 Å². The van der Waals surface area contributed by atoms with Crippen molar-refractivity contribution in [2.75, 3.05) is 13.7 Å². The molecule has 1 atom stereocenters. The van der Waals surface area contributed by atoms with Crippen LogP contribution in [0.25, 0.3) is 5.76 Å². The number of methoxy groups -OCH3 is 1. The SMILES string of the molecule is CCCCN1C(=O)C(=O)/C(=C(\O)c2cc(Cl)cc(Cl)c2OC)C1c1ccco1. The van der Waals surface area contributed by atoms with Gasteiger partial charge >= 0.3 is 0 Å². The number of halogens is 2. The second kappa shape index (κ2) is 8.29. The molecule has 2 aromatic rings. The number of benzene rings is 1. The van der Waals surface area contributed by atoms with Crippen molar-refractivity contribution in [2.45, 2.75) is 25.8 Å². The summed E-state index contributed by atoms with van der Waals surface area (Å²) >= 11 is 12.2. The normalized spacial score (nSPS) is 18.7. The van der Waals surface area contributed by atoms with Crippen LogP contribution >= 0.6 is 23.2 Å². The Bertz CT molecular complexity index is 936. The lowest BCUT2D eigenvalue weighted by Crippen LogP contribution is -2.30. The number of ether oxygens (including phenoxy) is 1. The van der Waals surface area contributed by atoms with Gasteiger partial charge in [0.05, 0.1) is 29.5 Å². The highest BCUT2D eigenvalue weighted by Crippen LogP contribution is 2.43. The summed E-state index contributed by atoms with van der Waals surface area (Å²) in [5.74, 6) is -1.37. The molecule has 2 heterocycles. The van der Waals surface area contributed by atoms with Crippen LogP contribution in [-0.2, 0) is 9.59 Å². The molecule has 0 spiro atoms. The van der Waals surface area contributed by atoms with Crippen molar-refractivity contribution < 1.29 is 23.8 Å². The van der Waals surface area contributed by atoms with Gasteiger partial charge in [0, 0.05) is 11.6 Å². The third-order valence-electron chi connectivity index (χ3n) is 4.57. The molecule has 1 aromatic carbocycles. The standard InChI is InChI=1S/C20H19Cl2NO5/c1-3-4-7-23-16(14-6-5-8-28-14)15(18(25)20(23)26)17(24)12-9-11(21)10-13(22)19(12)27-2/h5-6,8-10,16,24H,3-4,7H2,1-2H3/b17-15-. The van der Waals surface area contributed by atoms with Gasteiger partial charge in [0.25, 0.3) is 11.7 Å². The molecule has 1 N–H and O–H groups in total. The highest BCUT2D eigenvalue weighted by molar-refractivity contribution is 6.46. The van der Waals surface area contributed by atoms with Gasteiger partial charge in [-0.25, -0.2) is 0 Å². The minimum absolute atomic E-state index is 0.0901. The van der Waals surface area contributed by atoms with Gasteiger partial charge in [-0.3, -0.25) is 9.59 Å². The summed E-state index contributed by atoms with van der Waals surface area (Å²) in [6.45, 7) is 2.34. The van der Waals surface area contributed by atoms with Crippen LogP contribution in [0.5, 0.6) is 5.75 Å². The van der Waals surface area contributed by atoms with Crippen LogP contribution in [0, 0.1) is 0 Å². The van der Waals surface area contributed by atoms with Crippen molar-refractivity contribution in [2.24, 2.45) is 0 Å².